The number of amides is 1. The second-order valence-corrected chi connectivity index (χ2v) is 8.39. The fraction of sp³-hybridized carbons (Fsp3) is 0.458. The van der Waals surface area contributed by atoms with E-state index in [1.54, 1.807) is 9.80 Å². The van der Waals surface area contributed by atoms with E-state index in [-0.39, 0.29) is 5.91 Å². The summed E-state index contributed by atoms with van der Waals surface area (Å²) in [6.45, 7) is 7.76. The zero-order valence-corrected chi connectivity index (χ0v) is 16.8. The molecule has 4 rings (SSSR count). The lowest BCUT2D eigenvalue weighted by molar-refractivity contribution is -0.965. The first-order chi connectivity index (χ1) is 13.8. The molecule has 2 fully saturated rings. The summed E-state index contributed by atoms with van der Waals surface area (Å²) in [4.78, 5) is 18.1. The van der Waals surface area contributed by atoms with Gasteiger partial charge < -0.3 is 14.7 Å². The molecule has 0 bridgehead atoms. The van der Waals surface area contributed by atoms with Crippen molar-refractivity contribution in [3.63, 3.8) is 0 Å². The van der Waals surface area contributed by atoms with Crippen molar-refractivity contribution < 1.29 is 14.6 Å². The van der Waals surface area contributed by atoms with Crippen molar-refractivity contribution in [3.8, 4) is 0 Å². The molecule has 0 unspecified atom stereocenters. The Hall–Kier alpha value is -2.17. The van der Waals surface area contributed by atoms with Gasteiger partial charge in [0.15, 0.2) is 0 Å². The van der Waals surface area contributed by atoms with Crippen LogP contribution in [0.5, 0.6) is 0 Å². The molecule has 2 aliphatic rings. The van der Waals surface area contributed by atoms with Crippen LogP contribution in [0.15, 0.2) is 60.7 Å². The minimum Gasteiger partial charge on any atom is -0.331 e. The Morgan fingerprint density at radius 2 is 1.39 bits per heavy atom. The summed E-state index contributed by atoms with van der Waals surface area (Å²) in [5.41, 5.74) is 2.57. The summed E-state index contributed by atoms with van der Waals surface area (Å²) >= 11 is 0. The molecule has 4 heteroatoms. The number of hydrogen-bond acceptors (Lipinski definition) is 1. The number of carbonyl (C=O) groups is 1. The highest BCUT2D eigenvalue weighted by Gasteiger charge is 2.33. The van der Waals surface area contributed by atoms with Crippen LogP contribution in [-0.2, 0) is 17.8 Å². The average molecular weight is 380 g/mol. The maximum absolute atomic E-state index is 12.6. The van der Waals surface area contributed by atoms with E-state index in [1.165, 1.54) is 31.5 Å². The summed E-state index contributed by atoms with van der Waals surface area (Å²) < 4.78 is 0. The molecule has 2 N–H and O–H groups in total. The maximum atomic E-state index is 12.6. The average Bonchev–Trinajstić information content (AvgIpc) is 2.76. The fourth-order valence-corrected chi connectivity index (χ4v) is 4.83. The van der Waals surface area contributed by atoms with E-state index in [1.807, 2.05) is 30.3 Å². The van der Waals surface area contributed by atoms with Crippen LogP contribution in [0.1, 0.15) is 24.0 Å². The van der Waals surface area contributed by atoms with E-state index in [0.29, 0.717) is 6.42 Å². The van der Waals surface area contributed by atoms with Crippen LogP contribution in [0.4, 0.5) is 0 Å². The van der Waals surface area contributed by atoms with Crippen LogP contribution in [0.25, 0.3) is 0 Å². The Bertz CT molecular complexity index is 733. The van der Waals surface area contributed by atoms with Gasteiger partial charge in [0, 0.05) is 18.4 Å². The van der Waals surface area contributed by atoms with Crippen molar-refractivity contribution in [1.82, 2.24) is 4.90 Å². The molecule has 0 aromatic heterocycles. The Labute approximate surface area is 168 Å². The Morgan fingerprint density at radius 1 is 0.821 bits per heavy atom. The normalized spacial score (nSPS) is 23.5. The molecule has 2 aromatic carbocycles. The first-order valence-corrected chi connectivity index (χ1v) is 10.8. The lowest BCUT2D eigenvalue weighted by Crippen LogP contribution is -3.21. The fourth-order valence-electron chi connectivity index (χ4n) is 4.83. The molecule has 148 valence electrons. The monoisotopic (exact) mass is 379 g/mol. The van der Waals surface area contributed by atoms with E-state index in [0.717, 1.165) is 44.3 Å². The molecule has 2 aliphatic heterocycles. The van der Waals surface area contributed by atoms with Crippen molar-refractivity contribution in [1.29, 1.82) is 0 Å². The lowest BCUT2D eigenvalue weighted by atomic mass is 10.0. The third kappa shape index (κ3) is 5.00. The smallest absolute Gasteiger partial charge is 0.227 e. The third-order valence-corrected chi connectivity index (χ3v) is 6.52. The predicted molar refractivity (Wildman–Crippen MR) is 111 cm³/mol. The molecule has 0 radical (unpaired) electrons. The molecular weight excluding hydrogens is 346 g/mol. The zero-order valence-electron chi connectivity index (χ0n) is 16.8. The molecule has 2 heterocycles. The Balaban J connectivity index is 1.20. The zero-order chi connectivity index (χ0) is 19.2. The highest BCUT2D eigenvalue weighted by Crippen LogP contribution is 2.05. The van der Waals surface area contributed by atoms with Gasteiger partial charge >= 0.3 is 0 Å². The highest BCUT2D eigenvalue weighted by molar-refractivity contribution is 5.78. The van der Waals surface area contributed by atoms with Gasteiger partial charge in [-0.25, -0.2) is 0 Å². The van der Waals surface area contributed by atoms with Crippen molar-refractivity contribution in [2.45, 2.75) is 31.8 Å². The van der Waals surface area contributed by atoms with Crippen molar-refractivity contribution in [3.05, 3.63) is 71.8 Å². The Morgan fingerprint density at radius 3 is 2.00 bits per heavy atom. The van der Waals surface area contributed by atoms with Gasteiger partial charge in [-0.3, -0.25) is 4.79 Å². The summed E-state index contributed by atoms with van der Waals surface area (Å²) in [5.74, 6) is 0.285. The van der Waals surface area contributed by atoms with Gasteiger partial charge in [0.25, 0.3) is 0 Å². The van der Waals surface area contributed by atoms with Gasteiger partial charge in [-0.2, -0.15) is 0 Å². The molecule has 0 saturated carbocycles. The van der Waals surface area contributed by atoms with Gasteiger partial charge in [-0.1, -0.05) is 60.7 Å². The third-order valence-electron chi connectivity index (χ3n) is 6.52. The molecule has 0 aliphatic carbocycles. The van der Waals surface area contributed by atoms with Gasteiger partial charge in [-0.05, 0) is 5.56 Å². The molecule has 28 heavy (non-hydrogen) atoms. The topological polar surface area (TPSA) is 29.2 Å². The van der Waals surface area contributed by atoms with E-state index in [2.05, 4.69) is 35.2 Å². The summed E-state index contributed by atoms with van der Waals surface area (Å²) in [6.07, 6.45) is 3.17. The summed E-state index contributed by atoms with van der Waals surface area (Å²) in [7, 11) is 0. The minimum absolute atomic E-state index is 0.285. The summed E-state index contributed by atoms with van der Waals surface area (Å²) in [6, 6.07) is 21.8. The van der Waals surface area contributed by atoms with Gasteiger partial charge in [0.1, 0.15) is 6.54 Å². The first-order valence-electron chi connectivity index (χ1n) is 10.8. The number of piperidine rings is 1. The second kappa shape index (κ2) is 9.35. The van der Waals surface area contributed by atoms with Gasteiger partial charge in [0.2, 0.25) is 5.91 Å². The van der Waals surface area contributed by atoms with Gasteiger partial charge in [0.05, 0.1) is 51.7 Å². The number of piperazine rings is 1. The number of quaternary nitrogens is 2. The quantitative estimate of drug-likeness (QED) is 0.764. The lowest BCUT2D eigenvalue weighted by Gasteiger charge is -2.39. The van der Waals surface area contributed by atoms with E-state index >= 15 is 0 Å². The van der Waals surface area contributed by atoms with Crippen LogP contribution in [0, 0.1) is 0 Å². The number of nitrogens with one attached hydrogen (secondary N) is 2. The number of benzene rings is 2. The van der Waals surface area contributed by atoms with Gasteiger partial charge in [-0.15, -0.1) is 0 Å². The maximum Gasteiger partial charge on any atom is 0.227 e. The summed E-state index contributed by atoms with van der Waals surface area (Å²) in [5, 5.41) is 0. The molecule has 4 nitrogen and oxygen atoms in total. The standard InChI is InChI=1S/C24H31N3O/c28-24(19-21-7-3-1-4-8-21)27-17-15-26(16-18-27)23-11-13-25(14-12-23)20-22-9-5-2-6-10-22/h1-10,23H,11-20H2/p+2. The number of carbonyl (C=O) groups excluding carboxylic acids is 1. The second-order valence-electron chi connectivity index (χ2n) is 8.39. The van der Waals surface area contributed by atoms with Crippen LogP contribution < -0.4 is 9.80 Å². The van der Waals surface area contributed by atoms with Crippen molar-refractivity contribution in [2.75, 3.05) is 39.3 Å². The first kappa shape index (κ1) is 19.2. The minimum atomic E-state index is 0.285. The van der Waals surface area contributed by atoms with Crippen LogP contribution in [0.3, 0.4) is 0 Å². The van der Waals surface area contributed by atoms with Crippen molar-refractivity contribution >= 4 is 5.91 Å². The molecule has 0 spiro atoms. The molecule has 0 atom stereocenters. The Kier molecular flexibility index (Phi) is 6.40. The van der Waals surface area contributed by atoms with E-state index < -0.39 is 0 Å². The molecule has 2 aromatic rings. The predicted octanol–water partition coefficient (Wildman–Crippen LogP) is 0.204. The molecule has 1 amide bonds. The number of rotatable bonds is 5. The number of nitrogens with zero attached hydrogens (tertiary/aromatic N) is 1. The number of hydrogen-bond donors (Lipinski definition) is 2. The van der Waals surface area contributed by atoms with E-state index in [9.17, 15) is 4.79 Å². The van der Waals surface area contributed by atoms with Crippen LogP contribution in [0.2, 0.25) is 0 Å². The number of likely N-dealkylation sites (tertiary alicyclic amines) is 1. The molecule has 2 saturated heterocycles. The SMILES string of the molecule is O=C(Cc1ccccc1)N1CC[NH+](C2CC[NH+](Cc3ccccc3)CC2)CC1. The van der Waals surface area contributed by atoms with Crippen molar-refractivity contribution in [2.24, 2.45) is 0 Å². The van der Waals surface area contributed by atoms with Crippen LogP contribution >= 0.6 is 0 Å². The highest BCUT2D eigenvalue weighted by atomic mass is 16.2. The van der Waals surface area contributed by atoms with E-state index in [4.69, 9.17) is 0 Å². The van der Waals surface area contributed by atoms with Crippen LogP contribution in [-0.4, -0.2) is 56.1 Å². The largest absolute Gasteiger partial charge is 0.331 e. The molecular formula is C24H33N3O+2.